The molecule has 5 nitrogen and oxygen atoms in total. The first-order valence-electron chi connectivity index (χ1n) is 4.11. The van der Waals surface area contributed by atoms with Crippen LogP contribution in [0.5, 0.6) is 0 Å². The van der Waals surface area contributed by atoms with E-state index < -0.39 is 0 Å². The summed E-state index contributed by atoms with van der Waals surface area (Å²) in [6, 6.07) is 4.32. The molecule has 15 heavy (non-hydrogen) atoms. The van der Waals surface area contributed by atoms with Gasteiger partial charge in [-0.1, -0.05) is 0 Å². The van der Waals surface area contributed by atoms with Gasteiger partial charge >= 0.3 is 0 Å². The highest BCUT2D eigenvalue weighted by molar-refractivity contribution is 7.99. The number of anilines is 1. The lowest BCUT2D eigenvalue weighted by molar-refractivity contribution is 0.624. The molecular weight excluding hydrogens is 217 g/mol. The molecule has 2 rings (SSSR count). The van der Waals surface area contributed by atoms with Gasteiger partial charge in [-0.05, 0) is 40.4 Å². The van der Waals surface area contributed by atoms with Crippen molar-refractivity contribution in [2.75, 3.05) is 5.73 Å². The van der Waals surface area contributed by atoms with Crippen LogP contribution in [0.25, 0.3) is 0 Å². The van der Waals surface area contributed by atoms with Crippen LogP contribution in [0.15, 0.2) is 28.3 Å². The maximum absolute atomic E-state index is 13.0. The lowest BCUT2D eigenvalue weighted by Gasteiger charge is -2.01. The van der Waals surface area contributed by atoms with Crippen LogP contribution >= 0.6 is 11.8 Å². The summed E-state index contributed by atoms with van der Waals surface area (Å²) in [4.78, 5) is 0.672. The van der Waals surface area contributed by atoms with Gasteiger partial charge in [0, 0.05) is 17.6 Å². The van der Waals surface area contributed by atoms with Crippen LogP contribution in [0.1, 0.15) is 0 Å². The van der Waals surface area contributed by atoms with Crippen LogP contribution in [0.4, 0.5) is 10.1 Å². The molecule has 0 bridgehead atoms. The van der Waals surface area contributed by atoms with E-state index in [0.29, 0.717) is 15.7 Å². The van der Waals surface area contributed by atoms with Crippen LogP contribution in [-0.4, -0.2) is 20.2 Å². The maximum Gasteiger partial charge on any atom is 0.213 e. The number of nitrogen functional groups attached to an aromatic ring is 1. The maximum atomic E-state index is 13.0. The summed E-state index contributed by atoms with van der Waals surface area (Å²) in [5.41, 5.74) is 5.90. The molecule has 2 N–H and O–H groups in total. The predicted octanol–water partition coefficient (Wildman–Crippen LogP) is 1.08. The third-order valence-electron chi connectivity index (χ3n) is 1.68. The zero-order valence-electron chi connectivity index (χ0n) is 7.88. The number of nitrogens with two attached hydrogens (primary N) is 1. The Hall–Kier alpha value is -1.63. The van der Waals surface area contributed by atoms with Gasteiger partial charge in [-0.25, -0.2) is 9.07 Å². The number of halogens is 1. The normalized spacial score (nSPS) is 10.5. The van der Waals surface area contributed by atoms with Crippen molar-refractivity contribution in [3.05, 3.63) is 24.0 Å². The summed E-state index contributed by atoms with van der Waals surface area (Å²) in [5.74, 6) is -0.368. The summed E-state index contributed by atoms with van der Waals surface area (Å²) in [6.07, 6.45) is 0. The molecule has 0 aliphatic carbocycles. The summed E-state index contributed by atoms with van der Waals surface area (Å²) in [7, 11) is 1.71. The minimum atomic E-state index is -0.368. The van der Waals surface area contributed by atoms with Gasteiger partial charge in [0.05, 0.1) is 0 Å². The van der Waals surface area contributed by atoms with Gasteiger partial charge in [-0.2, -0.15) is 0 Å². The number of aromatic nitrogens is 4. The van der Waals surface area contributed by atoms with E-state index >= 15 is 0 Å². The fourth-order valence-corrected chi connectivity index (χ4v) is 1.88. The lowest BCUT2D eigenvalue weighted by atomic mass is 10.3. The number of hydrogen-bond donors (Lipinski definition) is 1. The molecule has 0 aliphatic heterocycles. The average Bonchev–Trinajstić information content (AvgIpc) is 2.50. The Balaban J connectivity index is 2.28. The van der Waals surface area contributed by atoms with Gasteiger partial charge in [0.2, 0.25) is 5.16 Å². The monoisotopic (exact) mass is 225 g/mol. The summed E-state index contributed by atoms with van der Waals surface area (Å²) in [5, 5.41) is 11.5. The van der Waals surface area contributed by atoms with Gasteiger partial charge in [0.15, 0.2) is 0 Å². The van der Waals surface area contributed by atoms with E-state index in [1.165, 1.54) is 28.6 Å². The number of rotatable bonds is 2. The fourth-order valence-electron chi connectivity index (χ4n) is 1.06. The zero-order chi connectivity index (χ0) is 10.8. The lowest BCUT2D eigenvalue weighted by Crippen LogP contribution is -1.93. The second kappa shape index (κ2) is 3.85. The van der Waals surface area contributed by atoms with Crippen molar-refractivity contribution in [2.45, 2.75) is 10.1 Å². The molecule has 0 saturated heterocycles. The smallest absolute Gasteiger partial charge is 0.213 e. The molecule has 78 valence electrons. The summed E-state index contributed by atoms with van der Waals surface area (Å²) in [6.45, 7) is 0. The second-order valence-electron chi connectivity index (χ2n) is 2.91. The van der Waals surface area contributed by atoms with Crippen LogP contribution in [-0.2, 0) is 7.05 Å². The van der Waals surface area contributed by atoms with Crippen molar-refractivity contribution in [1.82, 2.24) is 20.2 Å². The standard InChI is InChI=1S/C8H8FN5S/c1-14-8(11-12-13-14)15-7-3-5(9)2-6(10)4-7/h2-4H,10H2,1H3. The quantitative estimate of drug-likeness (QED) is 0.774. The van der Waals surface area contributed by atoms with Crippen molar-refractivity contribution < 1.29 is 4.39 Å². The molecule has 0 saturated carbocycles. The van der Waals surface area contributed by atoms with Gasteiger partial charge in [-0.3, -0.25) is 0 Å². The van der Waals surface area contributed by atoms with Gasteiger partial charge in [-0.15, -0.1) is 5.10 Å². The van der Waals surface area contributed by atoms with E-state index in [2.05, 4.69) is 15.5 Å². The first kappa shape index (κ1) is 9.91. The van der Waals surface area contributed by atoms with E-state index in [-0.39, 0.29) is 5.82 Å². The van der Waals surface area contributed by atoms with E-state index in [1.807, 2.05) is 0 Å². The van der Waals surface area contributed by atoms with Crippen LogP contribution in [0, 0.1) is 5.82 Å². The minimum absolute atomic E-state index is 0.368. The second-order valence-corrected chi connectivity index (χ2v) is 3.95. The third-order valence-corrected chi connectivity index (χ3v) is 2.68. The summed E-state index contributed by atoms with van der Waals surface area (Å²) >= 11 is 1.26. The van der Waals surface area contributed by atoms with E-state index in [0.717, 1.165) is 0 Å². The molecule has 0 atom stereocenters. The Morgan fingerprint density at radius 3 is 2.80 bits per heavy atom. The molecule has 0 fully saturated rings. The minimum Gasteiger partial charge on any atom is -0.399 e. The number of nitrogens with zero attached hydrogens (tertiary/aromatic N) is 4. The van der Waals surface area contributed by atoms with Gasteiger partial charge in [0.25, 0.3) is 0 Å². The number of tetrazole rings is 1. The number of aryl methyl sites for hydroxylation is 1. The molecule has 2 aromatic rings. The third kappa shape index (κ3) is 2.24. The number of hydrogen-bond acceptors (Lipinski definition) is 5. The van der Waals surface area contributed by atoms with Crippen molar-refractivity contribution in [1.29, 1.82) is 0 Å². The van der Waals surface area contributed by atoms with E-state index in [9.17, 15) is 4.39 Å². The summed E-state index contributed by atoms with van der Waals surface area (Å²) < 4.78 is 14.5. The Bertz CT molecular complexity index is 463. The first-order valence-corrected chi connectivity index (χ1v) is 4.93. The topological polar surface area (TPSA) is 69.6 Å². The Morgan fingerprint density at radius 2 is 2.20 bits per heavy atom. The van der Waals surface area contributed by atoms with E-state index in [1.54, 1.807) is 13.1 Å². The molecule has 1 heterocycles. The zero-order valence-corrected chi connectivity index (χ0v) is 8.70. The molecule has 0 radical (unpaired) electrons. The highest BCUT2D eigenvalue weighted by atomic mass is 32.2. The number of benzene rings is 1. The van der Waals surface area contributed by atoms with Crippen molar-refractivity contribution >= 4 is 17.4 Å². The molecule has 0 amide bonds. The molecule has 0 aliphatic rings. The van der Waals surface area contributed by atoms with E-state index in [4.69, 9.17) is 5.73 Å². The Morgan fingerprint density at radius 1 is 1.40 bits per heavy atom. The molecular formula is C8H8FN5S. The molecule has 1 aromatic carbocycles. The van der Waals surface area contributed by atoms with Crippen LogP contribution in [0.2, 0.25) is 0 Å². The van der Waals surface area contributed by atoms with Crippen molar-refractivity contribution in [3.8, 4) is 0 Å². The average molecular weight is 225 g/mol. The van der Waals surface area contributed by atoms with Crippen LogP contribution in [0.3, 0.4) is 0 Å². The molecule has 7 heteroatoms. The highest BCUT2D eigenvalue weighted by Crippen LogP contribution is 2.27. The largest absolute Gasteiger partial charge is 0.399 e. The Labute approximate surface area is 89.5 Å². The molecule has 0 unspecified atom stereocenters. The van der Waals surface area contributed by atoms with Gasteiger partial charge in [0.1, 0.15) is 5.82 Å². The molecule has 1 aromatic heterocycles. The first-order chi connectivity index (χ1) is 7.15. The Kier molecular flexibility index (Phi) is 2.55. The molecule has 0 spiro atoms. The SMILES string of the molecule is Cn1nnnc1Sc1cc(N)cc(F)c1. The highest BCUT2D eigenvalue weighted by Gasteiger charge is 2.06. The predicted molar refractivity (Wildman–Crippen MR) is 53.7 cm³/mol. The van der Waals surface area contributed by atoms with Crippen LogP contribution < -0.4 is 5.73 Å². The van der Waals surface area contributed by atoms with Crippen molar-refractivity contribution in [2.24, 2.45) is 7.05 Å². The van der Waals surface area contributed by atoms with Crippen molar-refractivity contribution in [3.63, 3.8) is 0 Å². The fraction of sp³-hybridized carbons (Fsp3) is 0.125. The van der Waals surface area contributed by atoms with Gasteiger partial charge < -0.3 is 5.73 Å².